The monoisotopic (exact) mass is 222 g/mol. The summed E-state index contributed by atoms with van der Waals surface area (Å²) in [6.07, 6.45) is 1.53. The Labute approximate surface area is 90.7 Å². The lowest BCUT2D eigenvalue weighted by Crippen LogP contribution is -1.95. The highest BCUT2D eigenvalue weighted by atomic mass is 35.5. The van der Waals surface area contributed by atoms with E-state index in [4.69, 9.17) is 11.6 Å². The molecule has 0 saturated carbocycles. The zero-order chi connectivity index (χ0) is 11.0. The van der Waals surface area contributed by atoms with Crippen LogP contribution in [0.25, 0.3) is 10.9 Å². The van der Waals surface area contributed by atoms with Crippen molar-refractivity contribution in [3.8, 4) is 0 Å². The predicted molar refractivity (Wildman–Crippen MR) is 58.1 cm³/mol. The number of fused-ring (bicyclic) bond motifs is 1. The van der Waals surface area contributed by atoms with E-state index in [2.05, 4.69) is 4.98 Å². The van der Waals surface area contributed by atoms with E-state index in [9.17, 15) is 10.1 Å². The smallest absolute Gasteiger partial charge is 0.258 e. The van der Waals surface area contributed by atoms with E-state index in [0.717, 1.165) is 0 Å². The fourth-order valence-corrected chi connectivity index (χ4v) is 1.70. The summed E-state index contributed by atoms with van der Waals surface area (Å²) in [6.45, 7) is 1.62. The normalized spacial score (nSPS) is 10.5. The Morgan fingerprint density at radius 2 is 2.27 bits per heavy atom. The van der Waals surface area contributed by atoms with Crippen LogP contribution in [0.3, 0.4) is 0 Å². The highest BCUT2D eigenvalue weighted by molar-refractivity contribution is 6.32. The molecule has 0 aliphatic heterocycles. The molecule has 1 heterocycles. The second-order valence-electron chi connectivity index (χ2n) is 3.16. The number of rotatable bonds is 1. The van der Waals surface area contributed by atoms with E-state index in [1.165, 1.54) is 6.20 Å². The summed E-state index contributed by atoms with van der Waals surface area (Å²) in [6, 6.07) is 5.16. The minimum absolute atomic E-state index is 0.0156. The van der Waals surface area contributed by atoms with Gasteiger partial charge in [0, 0.05) is 17.1 Å². The molecule has 0 spiro atoms. The van der Waals surface area contributed by atoms with Crippen molar-refractivity contribution < 1.29 is 4.92 Å². The molecular weight excluding hydrogens is 216 g/mol. The first-order valence-electron chi connectivity index (χ1n) is 4.29. The number of hydrogen-bond acceptors (Lipinski definition) is 3. The SMILES string of the molecule is Cc1c(Cl)cc2cccnc2c1[N+](=O)[O-]. The van der Waals surface area contributed by atoms with Crippen LogP contribution in [0.1, 0.15) is 5.56 Å². The highest BCUT2D eigenvalue weighted by Gasteiger charge is 2.19. The Morgan fingerprint density at radius 1 is 1.53 bits per heavy atom. The number of benzene rings is 1. The molecule has 0 aliphatic carbocycles. The summed E-state index contributed by atoms with van der Waals surface area (Å²) >= 11 is 5.90. The van der Waals surface area contributed by atoms with Gasteiger partial charge in [-0.3, -0.25) is 10.1 Å². The molecule has 5 heteroatoms. The van der Waals surface area contributed by atoms with E-state index in [1.807, 2.05) is 0 Å². The van der Waals surface area contributed by atoms with Gasteiger partial charge in [0.05, 0.1) is 9.95 Å². The van der Waals surface area contributed by atoms with Crippen molar-refractivity contribution >= 4 is 28.2 Å². The Hall–Kier alpha value is -1.68. The summed E-state index contributed by atoms with van der Waals surface area (Å²) in [7, 11) is 0. The van der Waals surface area contributed by atoms with Gasteiger partial charge in [0.15, 0.2) is 0 Å². The van der Waals surface area contributed by atoms with Gasteiger partial charge in [-0.1, -0.05) is 17.7 Å². The minimum atomic E-state index is -0.448. The molecule has 0 radical (unpaired) electrons. The summed E-state index contributed by atoms with van der Waals surface area (Å²) in [4.78, 5) is 14.5. The zero-order valence-corrected chi connectivity index (χ0v) is 8.65. The molecule has 1 aromatic carbocycles. The summed E-state index contributed by atoms with van der Waals surface area (Å²) < 4.78 is 0. The second-order valence-corrected chi connectivity index (χ2v) is 3.57. The third kappa shape index (κ3) is 1.53. The van der Waals surface area contributed by atoms with Gasteiger partial charge in [-0.25, -0.2) is 4.98 Å². The lowest BCUT2D eigenvalue weighted by molar-refractivity contribution is -0.383. The van der Waals surface area contributed by atoms with Crippen molar-refractivity contribution in [3.63, 3.8) is 0 Å². The summed E-state index contributed by atoms with van der Waals surface area (Å²) in [5.41, 5.74) is 0.815. The number of nitro groups is 1. The molecule has 15 heavy (non-hydrogen) atoms. The van der Waals surface area contributed by atoms with Crippen LogP contribution in [0.2, 0.25) is 5.02 Å². The first kappa shape index (κ1) is 9.86. The van der Waals surface area contributed by atoms with Crippen LogP contribution < -0.4 is 0 Å². The molecule has 0 bridgehead atoms. The zero-order valence-electron chi connectivity index (χ0n) is 7.90. The number of aromatic nitrogens is 1. The number of nitrogens with zero attached hydrogens (tertiary/aromatic N) is 2. The molecule has 0 aliphatic rings. The van der Waals surface area contributed by atoms with E-state index < -0.39 is 4.92 Å². The molecule has 0 atom stereocenters. The van der Waals surface area contributed by atoms with Gasteiger partial charge in [0.1, 0.15) is 5.52 Å². The largest absolute Gasteiger partial charge is 0.299 e. The van der Waals surface area contributed by atoms with Crippen LogP contribution >= 0.6 is 11.6 Å². The van der Waals surface area contributed by atoms with Crippen molar-refractivity contribution in [2.45, 2.75) is 6.92 Å². The third-order valence-electron chi connectivity index (χ3n) is 2.24. The average molecular weight is 223 g/mol. The van der Waals surface area contributed by atoms with Crippen LogP contribution in [0, 0.1) is 17.0 Å². The van der Waals surface area contributed by atoms with Crippen molar-refractivity contribution in [2.24, 2.45) is 0 Å². The first-order chi connectivity index (χ1) is 7.11. The van der Waals surface area contributed by atoms with Gasteiger partial charge in [0.25, 0.3) is 5.69 Å². The van der Waals surface area contributed by atoms with Gasteiger partial charge < -0.3 is 0 Å². The molecule has 0 N–H and O–H groups in total. The van der Waals surface area contributed by atoms with Crippen LogP contribution in [-0.4, -0.2) is 9.91 Å². The quantitative estimate of drug-likeness (QED) is 0.550. The van der Waals surface area contributed by atoms with Crippen molar-refractivity contribution in [1.82, 2.24) is 4.98 Å². The second kappa shape index (κ2) is 3.47. The lowest BCUT2D eigenvalue weighted by atomic mass is 10.1. The molecule has 2 rings (SSSR count). The average Bonchev–Trinajstić information content (AvgIpc) is 2.19. The Morgan fingerprint density at radius 3 is 2.93 bits per heavy atom. The number of nitro benzene ring substituents is 1. The summed E-state index contributed by atoms with van der Waals surface area (Å²) in [5.74, 6) is 0. The number of hydrogen-bond donors (Lipinski definition) is 0. The Bertz CT molecular complexity index is 554. The third-order valence-corrected chi connectivity index (χ3v) is 2.63. The maximum Gasteiger partial charge on any atom is 0.299 e. The Balaban J connectivity index is 2.95. The summed E-state index contributed by atoms with van der Waals surface area (Å²) in [5, 5.41) is 12.0. The van der Waals surface area contributed by atoms with Crippen molar-refractivity contribution in [1.29, 1.82) is 0 Å². The topological polar surface area (TPSA) is 56.0 Å². The van der Waals surface area contributed by atoms with Gasteiger partial charge in [-0.05, 0) is 19.1 Å². The number of pyridine rings is 1. The fraction of sp³-hybridized carbons (Fsp3) is 0.100. The molecule has 2 aromatic rings. The molecular formula is C10H7ClN2O2. The molecule has 0 fully saturated rings. The van der Waals surface area contributed by atoms with Gasteiger partial charge >= 0.3 is 0 Å². The molecule has 1 aromatic heterocycles. The molecule has 76 valence electrons. The van der Waals surface area contributed by atoms with Gasteiger partial charge in [0.2, 0.25) is 0 Å². The number of halogens is 1. The highest BCUT2D eigenvalue weighted by Crippen LogP contribution is 2.32. The van der Waals surface area contributed by atoms with Crippen LogP contribution in [-0.2, 0) is 0 Å². The molecule has 4 nitrogen and oxygen atoms in total. The van der Waals surface area contributed by atoms with Crippen molar-refractivity contribution in [2.75, 3.05) is 0 Å². The molecule has 0 saturated heterocycles. The van der Waals surface area contributed by atoms with E-state index in [0.29, 0.717) is 21.5 Å². The van der Waals surface area contributed by atoms with E-state index in [1.54, 1.807) is 25.1 Å². The van der Waals surface area contributed by atoms with Gasteiger partial charge in [-0.15, -0.1) is 0 Å². The first-order valence-corrected chi connectivity index (χ1v) is 4.67. The van der Waals surface area contributed by atoms with Crippen molar-refractivity contribution in [3.05, 3.63) is 45.1 Å². The van der Waals surface area contributed by atoms with Crippen LogP contribution in [0.15, 0.2) is 24.4 Å². The maximum absolute atomic E-state index is 10.9. The fourth-order valence-electron chi connectivity index (χ4n) is 1.49. The molecule has 0 amide bonds. The van der Waals surface area contributed by atoms with Gasteiger partial charge in [-0.2, -0.15) is 0 Å². The predicted octanol–water partition coefficient (Wildman–Crippen LogP) is 3.10. The lowest BCUT2D eigenvalue weighted by Gasteiger charge is -2.03. The van der Waals surface area contributed by atoms with Crippen LogP contribution in [0.5, 0.6) is 0 Å². The Kier molecular flexibility index (Phi) is 2.28. The standard InChI is InChI=1S/C10H7ClN2O2/c1-6-8(11)5-7-3-2-4-12-9(7)10(6)13(14)15/h2-5H,1H3. The van der Waals surface area contributed by atoms with Crippen LogP contribution in [0.4, 0.5) is 5.69 Å². The van der Waals surface area contributed by atoms with E-state index >= 15 is 0 Å². The maximum atomic E-state index is 10.9. The van der Waals surface area contributed by atoms with E-state index in [-0.39, 0.29) is 5.69 Å². The molecule has 0 unspecified atom stereocenters. The minimum Gasteiger partial charge on any atom is -0.258 e.